The third-order valence-electron chi connectivity index (χ3n) is 3.43. The van der Waals surface area contributed by atoms with Gasteiger partial charge in [-0.25, -0.2) is 8.78 Å². The van der Waals surface area contributed by atoms with Gasteiger partial charge in [0.15, 0.2) is 11.6 Å². The molecular formula is C13H17F2NO. The summed E-state index contributed by atoms with van der Waals surface area (Å²) in [5, 5.41) is 3.13. The fraction of sp³-hybridized carbons (Fsp3) is 0.538. The first kappa shape index (κ1) is 12.5. The van der Waals surface area contributed by atoms with Gasteiger partial charge in [0.05, 0.1) is 11.6 Å². The summed E-state index contributed by atoms with van der Waals surface area (Å²) >= 11 is 0. The molecule has 17 heavy (non-hydrogen) atoms. The lowest BCUT2D eigenvalue weighted by Crippen LogP contribution is -2.39. The van der Waals surface area contributed by atoms with Crippen LogP contribution >= 0.6 is 0 Å². The maximum atomic E-state index is 13.2. The van der Waals surface area contributed by atoms with Gasteiger partial charge in [-0.3, -0.25) is 0 Å². The van der Waals surface area contributed by atoms with Gasteiger partial charge in [0.1, 0.15) is 0 Å². The summed E-state index contributed by atoms with van der Waals surface area (Å²) in [5.74, 6) is -1.63. The lowest BCUT2D eigenvalue weighted by atomic mass is 9.88. The van der Waals surface area contributed by atoms with Crippen molar-refractivity contribution in [2.45, 2.75) is 31.4 Å². The molecule has 2 nitrogen and oxygen atoms in total. The number of halogens is 2. The second-order valence-corrected chi connectivity index (χ2v) is 4.66. The van der Waals surface area contributed by atoms with E-state index >= 15 is 0 Å². The molecule has 2 rings (SSSR count). The first-order valence-electron chi connectivity index (χ1n) is 5.83. The monoisotopic (exact) mass is 241 g/mol. The Morgan fingerprint density at radius 2 is 2.12 bits per heavy atom. The Labute approximate surface area is 100.0 Å². The van der Waals surface area contributed by atoms with Gasteiger partial charge in [0.2, 0.25) is 0 Å². The number of nitrogens with one attached hydrogen (secondary N) is 1. The number of benzene rings is 1. The largest absolute Gasteiger partial charge is 0.373 e. The van der Waals surface area contributed by atoms with Crippen LogP contribution < -0.4 is 5.32 Å². The summed E-state index contributed by atoms with van der Waals surface area (Å²) < 4.78 is 31.9. The van der Waals surface area contributed by atoms with E-state index in [0.717, 1.165) is 31.1 Å². The Kier molecular flexibility index (Phi) is 3.45. The maximum absolute atomic E-state index is 13.2. The predicted octanol–water partition coefficient (Wildman–Crippen LogP) is 2.79. The first-order valence-corrected chi connectivity index (χ1v) is 5.83. The fourth-order valence-electron chi connectivity index (χ4n) is 2.54. The molecule has 1 fully saturated rings. The van der Waals surface area contributed by atoms with Gasteiger partial charge >= 0.3 is 0 Å². The first-order chi connectivity index (χ1) is 8.07. The van der Waals surface area contributed by atoms with Crippen LogP contribution in [0.5, 0.6) is 0 Å². The van der Waals surface area contributed by atoms with Crippen LogP contribution in [0.1, 0.15) is 31.4 Å². The van der Waals surface area contributed by atoms with Gasteiger partial charge in [-0.15, -0.1) is 0 Å². The molecule has 2 atom stereocenters. The molecule has 0 bridgehead atoms. The Morgan fingerprint density at radius 3 is 2.65 bits per heavy atom. The summed E-state index contributed by atoms with van der Waals surface area (Å²) in [4.78, 5) is 0. The predicted molar refractivity (Wildman–Crippen MR) is 61.7 cm³/mol. The fourth-order valence-corrected chi connectivity index (χ4v) is 2.54. The van der Waals surface area contributed by atoms with Crippen LogP contribution in [0.25, 0.3) is 0 Å². The van der Waals surface area contributed by atoms with Crippen molar-refractivity contribution in [3.05, 3.63) is 35.4 Å². The molecule has 1 aromatic rings. The van der Waals surface area contributed by atoms with E-state index in [-0.39, 0.29) is 11.6 Å². The van der Waals surface area contributed by atoms with Gasteiger partial charge in [0, 0.05) is 6.61 Å². The summed E-state index contributed by atoms with van der Waals surface area (Å²) in [6, 6.07) is 3.88. The van der Waals surface area contributed by atoms with Crippen molar-refractivity contribution in [3.8, 4) is 0 Å². The minimum atomic E-state index is -0.818. The minimum Gasteiger partial charge on any atom is -0.373 e. The van der Waals surface area contributed by atoms with Crippen LogP contribution in [0.3, 0.4) is 0 Å². The zero-order chi connectivity index (χ0) is 12.5. The molecule has 1 heterocycles. The SMILES string of the molecule is CNC(c1ccc(F)c(F)c1)C1(C)CCCO1. The topological polar surface area (TPSA) is 21.3 Å². The van der Waals surface area contributed by atoms with Gasteiger partial charge in [-0.05, 0) is 44.5 Å². The van der Waals surface area contributed by atoms with Crippen molar-refractivity contribution in [2.75, 3.05) is 13.7 Å². The average Bonchev–Trinajstić information content (AvgIpc) is 2.72. The van der Waals surface area contributed by atoms with E-state index in [1.165, 1.54) is 6.07 Å². The lowest BCUT2D eigenvalue weighted by molar-refractivity contribution is -0.0105. The number of ether oxygens (including phenoxy) is 1. The Bertz CT molecular complexity index is 402. The third-order valence-corrected chi connectivity index (χ3v) is 3.43. The van der Waals surface area contributed by atoms with E-state index < -0.39 is 11.6 Å². The molecule has 94 valence electrons. The van der Waals surface area contributed by atoms with Crippen LogP contribution in [0.4, 0.5) is 8.78 Å². The highest BCUT2D eigenvalue weighted by Crippen LogP contribution is 2.37. The zero-order valence-corrected chi connectivity index (χ0v) is 10.1. The van der Waals surface area contributed by atoms with Crippen LogP contribution in [-0.4, -0.2) is 19.3 Å². The average molecular weight is 241 g/mol. The molecule has 2 unspecified atom stereocenters. The normalized spacial score (nSPS) is 26.1. The van der Waals surface area contributed by atoms with Crippen LogP contribution in [0.15, 0.2) is 18.2 Å². The number of hydrogen-bond acceptors (Lipinski definition) is 2. The van der Waals surface area contributed by atoms with Gasteiger partial charge in [-0.1, -0.05) is 6.07 Å². The second-order valence-electron chi connectivity index (χ2n) is 4.66. The highest BCUT2D eigenvalue weighted by atomic mass is 19.2. The maximum Gasteiger partial charge on any atom is 0.159 e. The Morgan fingerprint density at radius 1 is 1.35 bits per heavy atom. The van der Waals surface area contributed by atoms with Crippen molar-refractivity contribution in [2.24, 2.45) is 0 Å². The van der Waals surface area contributed by atoms with Gasteiger partial charge < -0.3 is 10.1 Å². The Balaban J connectivity index is 2.31. The quantitative estimate of drug-likeness (QED) is 0.878. The molecule has 1 aromatic carbocycles. The lowest BCUT2D eigenvalue weighted by Gasteiger charge is -2.33. The molecule has 0 radical (unpaired) electrons. The van der Waals surface area contributed by atoms with Crippen LogP contribution in [0.2, 0.25) is 0 Å². The second kappa shape index (κ2) is 4.70. The molecule has 0 aliphatic carbocycles. The highest BCUT2D eigenvalue weighted by molar-refractivity contribution is 5.24. The van der Waals surface area contributed by atoms with E-state index in [1.54, 1.807) is 13.1 Å². The molecular weight excluding hydrogens is 224 g/mol. The van der Waals surface area contributed by atoms with E-state index in [1.807, 2.05) is 6.92 Å². The highest BCUT2D eigenvalue weighted by Gasteiger charge is 2.38. The summed E-state index contributed by atoms with van der Waals surface area (Å²) in [6.45, 7) is 2.72. The molecule has 1 aliphatic heterocycles. The van der Waals surface area contributed by atoms with Gasteiger partial charge in [0.25, 0.3) is 0 Å². The molecule has 0 saturated carbocycles. The number of rotatable bonds is 3. The summed E-state index contributed by atoms with van der Waals surface area (Å²) in [5.41, 5.74) is 0.370. The van der Waals surface area contributed by atoms with E-state index in [0.29, 0.717) is 0 Å². The van der Waals surface area contributed by atoms with Crippen molar-refractivity contribution in [1.29, 1.82) is 0 Å². The zero-order valence-electron chi connectivity index (χ0n) is 10.1. The molecule has 1 aliphatic rings. The molecule has 1 saturated heterocycles. The smallest absolute Gasteiger partial charge is 0.159 e. The van der Waals surface area contributed by atoms with Crippen LogP contribution in [0, 0.1) is 11.6 Å². The summed E-state index contributed by atoms with van der Waals surface area (Å²) in [6.07, 6.45) is 1.91. The number of hydrogen-bond donors (Lipinski definition) is 1. The van der Waals surface area contributed by atoms with Crippen molar-refractivity contribution in [1.82, 2.24) is 5.32 Å². The van der Waals surface area contributed by atoms with Gasteiger partial charge in [-0.2, -0.15) is 0 Å². The Hall–Kier alpha value is -1.00. The number of likely N-dealkylation sites (N-methyl/N-ethyl adjacent to an activating group) is 1. The minimum absolute atomic E-state index is 0.125. The third kappa shape index (κ3) is 2.33. The summed E-state index contributed by atoms with van der Waals surface area (Å²) in [7, 11) is 1.80. The molecule has 0 amide bonds. The van der Waals surface area contributed by atoms with E-state index in [2.05, 4.69) is 5.32 Å². The molecule has 4 heteroatoms. The van der Waals surface area contributed by atoms with E-state index in [4.69, 9.17) is 4.74 Å². The molecule has 0 aromatic heterocycles. The molecule has 0 spiro atoms. The standard InChI is InChI=1S/C13H17F2NO/c1-13(6-3-7-17-13)12(16-2)9-4-5-10(14)11(15)8-9/h4-5,8,12,16H,3,6-7H2,1-2H3. The van der Waals surface area contributed by atoms with Crippen molar-refractivity contribution >= 4 is 0 Å². The van der Waals surface area contributed by atoms with E-state index in [9.17, 15) is 8.78 Å². The molecule has 1 N–H and O–H groups in total. The van der Waals surface area contributed by atoms with Crippen LogP contribution in [-0.2, 0) is 4.74 Å². The van der Waals surface area contributed by atoms with Crippen molar-refractivity contribution < 1.29 is 13.5 Å². The van der Waals surface area contributed by atoms with Crippen molar-refractivity contribution in [3.63, 3.8) is 0 Å².